The molecule has 0 aliphatic carbocycles. The van der Waals surface area contributed by atoms with Crippen molar-refractivity contribution in [2.75, 3.05) is 0 Å². The molecule has 2 heterocycles. The third-order valence-electron chi connectivity index (χ3n) is 1.70. The third kappa shape index (κ3) is 1.74. The predicted octanol–water partition coefficient (Wildman–Crippen LogP) is 1.62. The van der Waals surface area contributed by atoms with Gasteiger partial charge in [0.1, 0.15) is 12.4 Å². The number of aliphatic hydroxyl groups excluding tert-OH is 1. The molecule has 13 heavy (non-hydrogen) atoms. The van der Waals surface area contributed by atoms with Crippen LogP contribution < -0.4 is 0 Å². The standard InChI is InChI=1S/C9H8N2OS/c12-9(8-2-1-5-13-8)7-3-4-10-6-11-7/h1-6,9,12H. The first-order valence-corrected chi connectivity index (χ1v) is 4.73. The Balaban J connectivity index is 2.29. The zero-order chi connectivity index (χ0) is 9.10. The average molecular weight is 192 g/mol. The van der Waals surface area contributed by atoms with Crippen LogP contribution in [0.25, 0.3) is 0 Å². The molecular formula is C9H8N2OS. The van der Waals surface area contributed by atoms with Gasteiger partial charge in [0.05, 0.1) is 5.69 Å². The molecule has 0 radical (unpaired) electrons. The molecule has 66 valence electrons. The molecule has 2 rings (SSSR count). The zero-order valence-electron chi connectivity index (χ0n) is 6.79. The lowest BCUT2D eigenvalue weighted by Gasteiger charge is -2.05. The van der Waals surface area contributed by atoms with E-state index in [1.165, 1.54) is 17.7 Å². The van der Waals surface area contributed by atoms with Crippen LogP contribution in [0, 0.1) is 0 Å². The van der Waals surface area contributed by atoms with Crippen molar-refractivity contribution in [2.24, 2.45) is 0 Å². The number of aliphatic hydroxyl groups is 1. The van der Waals surface area contributed by atoms with Crippen LogP contribution in [0.2, 0.25) is 0 Å². The number of hydrogen-bond donors (Lipinski definition) is 1. The van der Waals surface area contributed by atoms with Gasteiger partial charge in [-0.15, -0.1) is 11.3 Å². The fraction of sp³-hybridized carbons (Fsp3) is 0.111. The van der Waals surface area contributed by atoms with Crippen LogP contribution in [0.4, 0.5) is 0 Å². The van der Waals surface area contributed by atoms with Crippen LogP contribution in [0.15, 0.2) is 36.1 Å². The van der Waals surface area contributed by atoms with Crippen molar-refractivity contribution in [2.45, 2.75) is 6.10 Å². The van der Waals surface area contributed by atoms with E-state index in [9.17, 15) is 5.11 Å². The Morgan fingerprint density at radius 2 is 2.31 bits per heavy atom. The predicted molar refractivity (Wildman–Crippen MR) is 50.4 cm³/mol. The van der Waals surface area contributed by atoms with E-state index in [-0.39, 0.29) is 0 Å². The number of thiophene rings is 1. The summed E-state index contributed by atoms with van der Waals surface area (Å²) in [6.07, 6.45) is 2.44. The highest BCUT2D eigenvalue weighted by atomic mass is 32.1. The van der Waals surface area contributed by atoms with Crippen LogP contribution in [-0.2, 0) is 0 Å². The Hall–Kier alpha value is -1.26. The second kappa shape index (κ2) is 3.64. The second-order valence-electron chi connectivity index (χ2n) is 2.55. The summed E-state index contributed by atoms with van der Waals surface area (Å²) in [4.78, 5) is 8.67. The molecule has 3 nitrogen and oxygen atoms in total. The molecule has 2 aromatic heterocycles. The van der Waals surface area contributed by atoms with Gasteiger partial charge in [-0.1, -0.05) is 6.07 Å². The van der Waals surface area contributed by atoms with Gasteiger partial charge in [-0.25, -0.2) is 9.97 Å². The van der Waals surface area contributed by atoms with Crippen molar-refractivity contribution in [1.29, 1.82) is 0 Å². The summed E-state index contributed by atoms with van der Waals surface area (Å²) in [5.74, 6) is 0. The first-order chi connectivity index (χ1) is 6.38. The largest absolute Gasteiger partial charge is 0.381 e. The van der Waals surface area contributed by atoms with Crippen molar-refractivity contribution in [3.05, 3.63) is 46.7 Å². The van der Waals surface area contributed by atoms with E-state index in [1.807, 2.05) is 17.5 Å². The average Bonchev–Trinajstić information content (AvgIpc) is 2.71. The highest BCUT2D eigenvalue weighted by molar-refractivity contribution is 7.10. The topological polar surface area (TPSA) is 46.0 Å². The van der Waals surface area contributed by atoms with Gasteiger partial charge in [-0.3, -0.25) is 0 Å². The molecule has 4 heteroatoms. The molecule has 0 saturated carbocycles. The molecular weight excluding hydrogens is 184 g/mol. The van der Waals surface area contributed by atoms with E-state index in [1.54, 1.807) is 12.3 Å². The molecule has 0 bridgehead atoms. The Morgan fingerprint density at radius 1 is 1.38 bits per heavy atom. The van der Waals surface area contributed by atoms with Crippen molar-refractivity contribution in [3.63, 3.8) is 0 Å². The zero-order valence-corrected chi connectivity index (χ0v) is 7.61. The van der Waals surface area contributed by atoms with E-state index in [2.05, 4.69) is 9.97 Å². The maximum Gasteiger partial charge on any atom is 0.130 e. The van der Waals surface area contributed by atoms with Crippen LogP contribution in [0.3, 0.4) is 0 Å². The number of aromatic nitrogens is 2. The van der Waals surface area contributed by atoms with Gasteiger partial charge in [0.2, 0.25) is 0 Å². The van der Waals surface area contributed by atoms with E-state index in [4.69, 9.17) is 0 Å². The lowest BCUT2D eigenvalue weighted by atomic mass is 10.2. The Bertz CT molecular complexity index is 360. The first kappa shape index (κ1) is 8.34. The quantitative estimate of drug-likeness (QED) is 0.786. The molecule has 0 aliphatic heterocycles. The van der Waals surface area contributed by atoms with Crippen molar-refractivity contribution in [3.8, 4) is 0 Å². The van der Waals surface area contributed by atoms with Crippen LogP contribution >= 0.6 is 11.3 Å². The summed E-state index contributed by atoms with van der Waals surface area (Å²) < 4.78 is 0. The summed E-state index contributed by atoms with van der Waals surface area (Å²) in [6, 6.07) is 5.51. The third-order valence-corrected chi connectivity index (χ3v) is 2.62. The Morgan fingerprint density at radius 3 is 2.92 bits per heavy atom. The summed E-state index contributed by atoms with van der Waals surface area (Å²) in [7, 11) is 0. The minimum Gasteiger partial charge on any atom is -0.381 e. The molecule has 2 aromatic rings. The highest BCUT2D eigenvalue weighted by Crippen LogP contribution is 2.23. The minimum absolute atomic E-state index is 0.622. The molecule has 0 saturated heterocycles. The van der Waals surface area contributed by atoms with E-state index < -0.39 is 6.10 Å². The maximum absolute atomic E-state index is 9.80. The molecule has 1 atom stereocenters. The van der Waals surface area contributed by atoms with E-state index in [0.29, 0.717) is 5.69 Å². The molecule has 0 aliphatic rings. The maximum atomic E-state index is 9.80. The number of rotatable bonds is 2. The first-order valence-electron chi connectivity index (χ1n) is 3.85. The van der Waals surface area contributed by atoms with Crippen molar-refractivity contribution < 1.29 is 5.11 Å². The SMILES string of the molecule is OC(c1ccncn1)c1cccs1. The van der Waals surface area contributed by atoms with E-state index in [0.717, 1.165) is 4.88 Å². The van der Waals surface area contributed by atoms with Gasteiger partial charge < -0.3 is 5.11 Å². The Labute approximate surface area is 79.7 Å². The van der Waals surface area contributed by atoms with Gasteiger partial charge >= 0.3 is 0 Å². The summed E-state index contributed by atoms with van der Waals surface area (Å²) in [5, 5.41) is 11.7. The lowest BCUT2D eigenvalue weighted by Crippen LogP contribution is -1.99. The van der Waals surface area contributed by atoms with Crippen LogP contribution in [-0.4, -0.2) is 15.1 Å². The normalized spacial score (nSPS) is 12.7. The van der Waals surface area contributed by atoms with Crippen molar-refractivity contribution in [1.82, 2.24) is 9.97 Å². The van der Waals surface area contributed by atoms with Gasteiger partial charge in [-0.05, 0) is 17.5 Å². The minimum atomic E-state index is -0.622. The van der Waals surface area contributed by atoms with Gasteiger partial charge in [0.25, 0.3) is 0 Å². The van der Waals surface area contributed by atoms with E-state index >= 15 is 0 Å². The number of nitrogens with zero attached hydrogens (tertiary/aromatic N) is 2. The second-order valence-corrected chi connectivity index (χ2v) is 3.53. The lowest BCUT2D eigenvalue weighted by molar-refractivity contribution is 0.219. The summed E-state index contributed by atoms with van der Waals surface area (Å²) >= 11 is 1.52. The molecule has 1 N–H and O–H groups in total. The molecule has 1 unspecified atom stereocenters. The van der Waals surface area contributed by atoms with Crippen LogP contribution in [0.5, 0.6) is 0 Å². The highest BCUT2D eigenvalue weighted by Gasteiger charge is 2.11. The summed E-state index contributed by atoms with van der Waals surface area (Å²) in [6.45, 7) is 0. The fourth-order valence-corrected chi connectivity index (χ4v) is 1.78. The van der Waals surface area contributed by atoms with Gasteiger partial charge in [0.15, 0.2) is 0 Å². The number of hydrogen-bond acceptors (Lipinski definition) is 4. The molecule has 0 aromatic carbocycles. The summed E-state index contributed by atoms with van der Waals surface area (Å²) in [5.41, 5.74) is 0.637. The smallest absolute Gasteiger partial charge is 0.130 e. The fourth-order valence-electron chi connectivity index (χ4n) is 1.06. The molecule has 0 fully saturated rings. The van der Waals surface area contributed by atoms with Crippen LogP contribution in [0.1, 0.15) is 16.7 Å². The van der Waals surface area contributed by atoms with Crippen molar-refractivity contribution >= 4 is 11.3 Å². The molecule has 0 amide bonds. The van der Waals surface area contributed by atoms with Gasteiger partial charge in [0, 0.05) is 11.1 Å². The molecule has 0 spiro atoms. The van der Waals surface area contributed by atoms with Gasteiger partial charge in [-0.2, -0.15) is 0 Å². The Kier molecular flexibility index (Phi) is 2.33. The monoisotopic (exact) mass is 192 g/mol.